The quantitative estimate of drug-likeness (QED) is 0.349. The molecule has 0 bridgehead atoms. The number of benzene rings is 3. The number of allylic oxidation sites excluding steroid dienone is 2. The highest BCUT2D eigenvalue weighted by molar-refractivity contribution is 7.21. The largest absolute Gasteiger partial charge is 0.481 e. The first-order valence-corrected chi connectivity index (χ1v) is 12.2. The lowest BCUT2D eigenvalue weighted by Crippen LogP contribution is -2.51. The van der Waals surface area contributed by atoms with E-state index >= 15 is 4.39 Å². The summed E-state index contributed by atoms with van der Waals surface area (Å²) in [5.74, 6) is -1.40. The highest BCUT2D eigenvalue weighted by Crippen LogP contribution is 2.46. The first kappa shape index (κ1) is 21.2. The summed E-state index contributed by atoms with van der Waals surface area (Å²) in [5.41, 5.74) is 4.49. The van der Waals surface area contributed by atoms with Crippen LogP contribution in [0.5, 0.6) is 0 Å². The third-order valence-electron chi connectivity index (χ3n) is 7.13. The van der Waals surface area contributed by atoms with Gasteiger partial charge >= 0.3 is 5.97 Å². The SMILES string of the molecule is CC(c1ccc(-c2nc3ccc(C4(c5ccccc5)C=C4)cc3s2)c(F)c1)N1CC(C(=O)O)C1. The number of fused-ring (bicyclic) bond motifs is 1. The molecule has 1 atom stereocenters. The van der Waals surface area contributed by atoms with Gasteiger partial charge in [-0.3, -0.25) is 9.69 Å². The molecule has 2 aliphatic rings. The van der Waals surface area contributed by atoms with Gasteiger partial charge in [0.2, 0.25) is 0 Å². The molecule has 6 heteroatoms. The molecule has 6 rings (SSSR count). The van der Waals surface area contributed by atoms with E-state index in [-0.39, 0.29) is 23.2 Å². The molecule has 1 aliphatic heterocycles. The number of likely N-dealkylation sites (tertiary alicyclic amines) is 1. The molecule has 3 aromatic carbocycles. The van der Waals surface area contributed by atoms with Crippen LogP contribution in [0.4, 0.5) is 4.39 Å². The second kappa shape index (κ2) is 7.86. The fraction of sp³-hybridized carbons (Fsp3) is 0.214. The molecule has 1 unspecified atom stereocenters. The summed E-state index contributed by atoms with van der Waals surface area (Å²) in [6.07, 6.45) is 4.42. The third-order valence-corrected chi connectivity index (χ3v) is 8.18. The molecule has 1 aliphatic carbocycles. The number of hydrogen-bond acceptors (Lipinski definition) is 4. The molecule has 0 amide bonds. The fourth-order valence-corrected chi connectivity index (χ4v) is 5.84. The van der Waals surface area contributed by atoms with Crippen molar-refractivity contribution in [3.05, 3.63) is 101 Å². The van der Waals surface area contributed by atoms with Crippen molar-refractivity contribution >= 4 is 27.5 Å². The van der Waals surface area contributed by atoms with Crippen molar-refractivity contribution in [2.45, 2.75) is 18.4 Å². The Morgan fingerprint density at radius 2 is 1.85 bits per heavy atom. The number of rotatable bonds is 6. The van der Waals surface area contributed by atoms with Crippen LogP contribution in [0.2, 0.25) is 0 Å². The maximum Gasteiger partial charge on any atom is 0.309 e. The average Bonchev–Trinajstić information content (AvgIpc) is 3.51. The van der Waals surface area contributed by atoms with Crippen LogP contribution in [-0.2, 0) is 10.2 Å². The van der Waals surface area contributed by atoms with Gasteiger partial charge in [0.05, 0.1) is 21.5 Å². The van der Waals surface area contributed by atoms with E-state index in [4.69, 9.17) is 10.1 Å². The first-order chi connectivity index (χ1) is 16.4. The molecule has 1 aromatic heterocycles. The highest BCUT2D eigenvalue weighted by Gasteiger charge is 2.38. The van der Waals surface area contributed by atoms with Crippen LogP contribution in [0, 0.1) is 11.7 Å². The number of aromatic nitrogens is 1. The molecule has 4 aromatic rings. The van der Waals surface area contributed by atoms with E-state index in [0.29, 0.717) is 23.7 Å². The smallest absolute Gasteiger partial charge is 0.309 e. The molecule has 4 nitrogen and oxygen atoms in total. The maximum atomic E-state index is 15.2. The van der Waals surface area contributed by atoms with Crippen LogP contribution in [0.25, 0.3) is 20.8 Å². The standard InChI is InChI=1S/C28H23FN2O2S/c1-17(31-15-19(16-31)27(32)33)18-7-9-22(23(29)13-18)26-30-24-10-8-21(14-25(24)34-26)28(11-12-28)20-5-3-2-4-6-20/h2-14,17,19H,15-16H2,1H3,(H,32,33). The molecule has 0 radical (unpaired) electrons. The molecule has 1 N–H and O–H groups in total. The average molecular weight is 471 g/mol. The Hall–Kier alpha value is -3.35. The Balaban J connectivity index is 1.27. The van der Waals surface area contributed by atoms with E-state index in [0.717, 1.165) is 15.8 Å². The van der Waals surface area contributed by atoms with Gasteiger partial charge in [-0.05, 0) is 47.9 Å². The predicted octanol–water partition coefficient (Wildman–Crippen LogP) is 6.04. The molecular formula is C28H23FN2O2S. The van der Waals surface area contributed by atoms with Gasteiger partial charge < -0.3 is 5.11 Å². The van der Waals surface area contributed by atoms with E-state index in [1.165, 1.54) is 22.5 Å². The Morgan fingerprint density at radius 1 is 1.09 bits per heavy atom. The number of nitrogens with zero attached hydrogens (tertiary/aromatic N) is 2. The number of aliphatic carboxylic acids is 1. The van der Waals surface area contributed by atoms with Gasteiger partial charge in [-0.2, -0.15) is 0 Å². The number of hydrogen-bond donors (Lipinski definition) is 1. The molecule has 34 heavy (non-hydrogen) atoms. The van der Waals surface area contributed by atoms with Gasteiger partial charge in [0.25, 0.3) is 0 Å². The Bertz CT molecular complexity index is 1430. The van der Waals surface area contributed by atoms with Gasteiger partial charge in [0.1, 0.15) is 10.8 Å². The molecule has 2 heterocycles. The van der Waals surface area contributed by atoms with Crippen LogP contribution < -0.4 is 0 Å². The molecule has 0 saturated carbocycles. The fourth-order valence-electron chi connectivity index (χ4n) is 4.81. The van der Waals surface area contributed by atoms with Crippen molar-refractivity contribution in [3.63, 3.8) is 0 Å². The minimum absolute atomic E-state index is 0.0303. The summed E-state index contributed by atoms with van der Waals surface area (Å²) >= 11 is 1.50. The topological polar surface area (TPSA) is 53.4 Å². The highest BCUT2D eigenvalue weighted by atomic mass is 32.1. The lowest BCUT2D eigenvalue weighted by Gasteiger charge is -2.41. The van der Waals surface area contributed by atoms with Crippen LogP contribution in [0.1, 0.15) is 29.7 Å². The van der Waals surface area contributed by atoms with Crippen LogP contribution in [0.15, 0.2) is 78.9 Å². The van der Waals surface area contributed by atoms with E-state index in [1.54, 1.807) is 12.1 Å². The summed E-state index contributed by atoms with van der Waals surface area (Å²) in [6, 6.07) is 22.0. The second-order valence-electron chi connectivity index (χ2n) is 9.17. The number of thiazole rings is 1. The Labute approximate surface area is 201 Å². The second-order valence-corrected chi connectivity index (χ2v) is 10.2. The van der Waals surface area contributed by atoms with E-state index in [2.05, 4.69) is 53.5 Å². The maximum absolute atomic E-state index is 15.2. The van der Waals surface area contributed by atoms with Gasteiger partial charge in [0, 0.05) is 24.7 Å². The van der Waals surface area contributed by atoms with Crippen molar-refractivity contribution in [3.8, 4) is 10.6 Å². The predicted molar refractivity (Wildman–Crippen MR) is 132 cm³/mol. The van der Waals surface area contributed by atoms with Crippen molar-refractivity contribution in [2.24, 2.45) is 5.92 Å². The zero-order chi connectivity index (χ0) is 23.4. The number of halogens is 1. The molecule has 1 fully saturated rings. The van der Waals surface area contributed by atoms with Gasteiger partial charge in [-0.25, -0.2) is 9.37 Å². The normalized spacial score (nSPS) is 18.1. The summed E-state index contributed by atoms with van der Waals surface area (Å²) in [7, 11) is 0. The molecule has 1 saturated heterocycles. The monoisotopic (exact) mass is 470 g/mol. The first-order valence-electron chi connectivity index (χ1n) is 11.4. The Morgan fingerprint density at radius 3 is 2.53 bits per heavy atom. The zero-order valence-electron chi connectivity index (χ0n) is 18.6. The molecule has 170 valence electrons. The lowest BCUT2D eigenvalue weighted by atomic mass is 9.86. The van der Waals surface area contributed by atoms with Gasteiger partial charge in [-0.1, -0.05) is 54.6 Å². The zero-order valence-corrected chi connectivity index (χ0v) is 19.4. The summed E-state index contributed by atoms with van der Waals surface area (Å²) in [5, 5.41) is 9.76. The van der Waals surface area contributed by atoms with Gasteiger partial charge in [-0.15, -0.1) is 11.3 Å². The van der Waals surface area contributed by atoms with Crippen LogP contribution in [0.3, 0.4) is 0 Å². The molecule has 0 spiro atoms. The van der Waals surface area contributed by atoms with Crippen molar-refractivity contribution in [1.82, 2.24) is 9.88 Å². The lowest BCUT2D eigenvalue weighted by molar-refractivity contribution is -0.148. The third kappa shape index (κ3) is 3.45. The van der Waals surface area contributed by atoms with Crippen molar-refractivity contribution in [1.29, 1.82) is 0 Å². The van der Waals surface area contributed by atoms with Crippen LogP contribution in [-0.4, -0.2) is 34.0 Å². The van der Waals surface area contributed by atoms with Crippen molar-refractivity contribution in [2.75, 3.05) is 13.1 Å². The van der Waals surface area contributed by atoms with Crippen LogP contribution >= 0.6 is 11.3 Å². The van der Waals surface area contributed by atoms with Gasteiger partial charge in [0.15, 0.2) is 0 Å². The number of carboxylic acids is 1. The summed E-state index contributed by atoms with van der Waals surface area (Å²) < 4.78 is 16.2. The Kier molecular flexibility index (Phi) is 4.90. The number of carboxylic acid groups (broad SMARTS) is 1. The summed E-state index contributed by atoms with van der Waals surface area (Å²) in [6.45, 7) is 2.99. The minimum Gasteiger partial charge on any atom is -0.481 e. The van der Waals surface area contributed by atoms with E-state index in [9.17, 15) is 4.79 Å². The number of carbonyl (C=O) groups is 1. The summed E-state index contributed by atoms with van der Waals surface area (Å²) in [4.78, 5) is 17.8. The minimum atomic E-state index is -0.767. The van der Waals surface area contributed by atoms with E-state index < -0.39 is 5.97 Å². The molecular weight excluding hydrogens is 447 g/mol. The van der Waals surface area contributed by atoms with Crippen molar-refractivity contribution < 1.29 is 14.3 Å². The van der Waals surface area contributed by atoms with E-state index in [1.807, 2.05) is 25.1 Å².